The highest BCUT2D eigenvalue weighted by atomic mass is 15.1. The smallest absolute Gasteiger partial charge is 0.102 e. The fourth-order valence-corrected chi connectivity index (χ4v) is 2.48. The second-order valence-corrected chi connectivity index (χ2v) is 5.20. The van der Waals surface area contributed by atoms with Crippen molar-refractivity contribution in [2.45, 2.75) is 64.0 Å². The predicted molar refractivity (Wildman–Crippen MR) is 66.9 cm³/mol. The summed E-state index contributed by atoms with van der Waals surface area (Å²) in [5.74, 6) is 0. The van der Waals surface area contributed by atoms with Crippen molar-refractivity contribution in [1.82, 2.24) is 4.90 Å². The molecule has 0 saturated heterocycles. The minimum Gasteiger partial charge on any atom is -0.314 e. The third-order valence-electron chi connectivity index (χ3n) is 3.67. The maximum absolute atomic E-state index is 8.90. The molecule has 0 radical (unpaired) electrons. The number of rotatable bonds is 5. The van der Waals surface area contributed by atoms with E-state index in [1.165, 1.54) is 32.1 Å². The molecule has 1 fully saturated rings. The Morgan fingerprint density at radius 2 is 2.00 bits per heavy atom. The number of nitrogens with two attached hydrogens (primary N) is 1. The molecule has 0 aromatic heterocycles. The van der Waals surface area contributed by atoms with E-state index in [-0.39, 0.29) is 0 Å². The lowest BCUT2D eigenvalue weighted by Gasteiger charge is -2.34. The maximum Gasteiger partial charge on any atom is 0.102 e. The predicted octanol–water partition coefficient (Wildman–Crippen LogP) is 2.27. The molecule has 0 aromatic rings. The van der Waals surface area contributed by atoms with E-state index in [0.29, 0.717) is 0 Å². The van der Waals surface area contributed by atoms with Crippen LogP contribution in [-0.4, -0.2) is 29.6 Å². The van der Waals surface area contributed by atoms with Gasteiger partial charge in [0.25, 0.3) is 0 Å². The van der Waals surface area contributed by atoms with Gasteiger partial charge in [-0.05, 0) is 32.7 Å². The van der Waals surface area contributed by atoms with E-state index in [4.69, 9.17) is 11.0 Å². The zero-order valence-electron chi connectivity index (χ0n) is 10.7. The Balaban J connectivity index is 2.39. The second kappa shape index (κ2) is 6.22. The Morgan fingerprint density at radius 1 is 1.38 bits per heavy atom. The van der Waals surface area contributed by atoms with E-state index < -0.39 is 5.54 Å². The lowest BCUT2D eigenvalue weighted by atomic mass is 9.93. The van der Waals surface area contributed by atoms with Crippen LogP contribution in [0.5, 0.6) is 0 Å². The van der Waals surface area contributed by atoms with Gasteiger partial charge < -0.3 is 10.6 Å². The molecular weight excluding hydrogens is 198 g/mol. The Bertz CT molecular complexity index is 236. The molecule has 0 spiro atoms. The molecule has 16 heavy (non-hydrogen) atoms. The van der Waals surface area contributed by atoms with Gasteiger partial charge in [-0.1, -0.05) is 26.2 Å². The third kappa shape index (κ3) is 4.11. The molecule has 3 nitrogen and oxygen atoms in total. The van der Waals surface area contributed by atoms with Crippen LogP contribution < -0.4 is 5.73 Å². The summed E-state index contributed by atoms with van der Waals surface area (Å²) in [6.07, 6.45) is 7.52. The SMILES string of the molecule is CCN(CCC(C)(N)C#N)C1CCCCC1. The summed E-state index contributed by atoms with van der Waals surface area (Å²) in [6, 6.07) is 2.90. The van der Waals surface area contributed by atoms with Gasteiger partial charge in [0.05, 0.1) is 6.07 Å². The van der Waals surface area contributed by atoms with Gasteiger partial charge in [-0.2, -0.15) is 5.26 Å². The third-order valence-corrected chi connectivity index (χ3v) is 3.67. The van der Waals surface area contributed by atoms with Gasteiger partial charge in [0, 0.05) is 12.6 Å². The van der Waals surface area contributed by atoms with Gasteiger partial charge in [-0.15, -0.1) is 0 Å². The van der Waals surface area contributed by atoms with Gasteiger partial charge in [0.2, 0.25) is 0 Å². The summed E-state index contributed by atoms with van der Waals surface area (Å²) in [7, 11) is 0. The highest BCUT2D eigenvalue weighted by molar-refractivity contribution is 5.01. The first-order chi connectivity index (χ1) is 7.59. The van der Waals surface area contributed by atoms with Crippen LogP contribution in [0.3, 0.4) is 0 Å². The summed E-state index contributed by atoms with van der Waals surface area (Å²) in [4.78, 5) is 2.50. The molecule has 0 bridgehead atoms. The van der Waals surface area contributed by atoms with Crippen LogP contribution in [-0.2, 0) is 0 Å². The molecule has 1 saturated carbocycles. The standard InChI is InChI=1S/C13H25N3/c1-3-16(10-9-13(2,15)11-14)12-7-5-4-6-8-12/h12H,3-10,15H2,1-2H3. The van der Waals surface area contributed by atoms with Crippen LogP contribution in [0.2, 0.25) is 0 Å². The monoisotopic (exact) mass is 223 g/mol. The Kier molecular flexibility index (Phi) is 5.24. The van der Waals surface area contributed by atoms with Gasteiger partial charge >= 0.3 is 0 Å². The van der Waals surface area contributed by atoms with Gasteiger partial charge in [-0.25, -0.2) is 0 Å². The number of hydrogen-bond donors (Lipinski definition) is 1. The van der Waals surface area contributed by atoms with Crippen LogP contribution in [0.25, 0.3) is 0 Å². The van der Waals surface area contributed by atoms with E-state index >= 15 is 0 Å². The molecule has 0 aliphatic heterocycles. The van der Waals surface area contributed by atoms with Crippen molar-refractivity contribution in [3.63, 3.8) is 0 Å². The number of nitrogens with zero attached hydrogens (tertiary/aromatic N) is 2. The van der Waals surface area contributed by atoms with Gasteiger partial charge in [0.15, 0.2) is 0 Å². The molecule has 1 rings (SSSR count). The topological polar surface area (TPSA) is 53.0 Å². The van der Waals surface area contributed by atoms with Crippen molar-refractivity contribution in [3.8, 4) is 6.07 Å². The maximum atomic E-state index is 8.90. The fourth-order valence-electron chi connectivity index (χ4n) is 2.48. The molecule has 1 unspecified atom stereocenters. The molecule has 1 aliphatic rings. The Labute approximate surface area is 99.6 Å². The highest BCUT2D eigenvalue weighted by Gasteiger charge is 2.23. The van der Waals surface area contributed by atoms with Crippen molar-refractivity contribution in [2.75, 3.05) is 13.1 Å². The van der Waals surface area contributed by atoms with Crippen molar-refractivity contribution in [1.29, 1.82) is 5.26 Å². The second-order valence-electron chi connectivity index (χ2n) is 5.20. The van der Waals surface area contributed by atoms with Crippen LogP contribution in [0, 0.1) is 11.3 Å². The Morgan fingerprint density at radius 3 is 2.50 bits per heavy atom. The first-order valence-corrected chi connectivity index (χ1v) is 6.53. The van der Waals surface area contributed by atoms with Crippen molar-refractivity contribution < 1.29 is 0 Å². The molecule has 1 aliphatic carbocycles. The summed E-state index contributed by atoms with van der Waals surface area (Å²) in [5.41, 5.74) is 5.20. The highest BCUT2D eigenvalue weighted by Crippen LogP contribution is 2.23. The molecule has 0 heterocycles. The zero-order chi connectivity index (χ0) is 12.0. The van der Waals surface area contributed by atoms with Crippen molar-refractivity contribution in [3.05, 3.63) is 0 Å². The minimum absolute atomic E-state index is 0.665. The van der Waals surface area contributed by atoms with E-state index in [2.05, 4.69) is 17.9 Å². The lowest BCUT2D eigenvalue weighted by Crippen LogP contribution is -2.43. The molecule has 0 aromatic carbocycles. The minimum atomic E-state index is -0.665. The van der Waals surface area contributed by atoms with E-state index in [0.717, 1.165) is 25.6 Å². The normalized spacial score (nSPS) is 21.7. The quantitative estimate of drug-likeness (QED) is 0.778. The molecule has 2 N–H and O–H groups in total. The average Bonchev–Trinajstić information content (AvgIpc) is 2.31. The van der Waals surface area contributed by atoms with Crippen LogP contribution in [0.15, 0.2) is 0 Å². The molecular formula is C13H25N3. The summed E-state index contributed by atoms with van der Waals surface area (Å²) in [5, 5.41) is 8.90. The average molecular weight is 223 g/mol. The van der Waals surface area contributed by atoms with Gasteiger partial charge in [0.1, 0.15) is 5.54 Å². The zero-order valence-corrected chi connectivity index (χ0v) is 10.7. The van der Waals surface area contributed by atoms with Crippen LogP contribution in [0.4, 0.5) is 0 Å². The van der Waals surface area contributed by atoms with E-state index in [1.807, 2.05) is 6.92 Å². The van der Waals surface area contributed by atoms with E-state index in [1.54, 1.807) is 0 Å². The van der Waals surface area contributed by atoms with E-state index in [9.17, 15) is 0 Å². The van der Waals surface area contributed by atoms with Crippen LogP contribution >= 0.6 is 0 Å². The molecule has 3 heteroatoms. The summed E-state index contributed by atoms with van der Waals surface area (Å²) < 4.78 is 0. The molecule has 92 valence electrons. The van der Waals surface area contributed by atoms with Gasteiger partial charge in [-0.3, -0.25) is 0 Å². The summed E-state index contributed by atoms with van der Waals surface area (Å²) in [6.45, 7) is 6.06. The van der Waals surface area contributed by atoms with Crippen molar-refractivity contribution >= 4 is 0 Å². The first-order valence-electron chi connectivity index (χ1n) is 6.53. The number of nitriles is 1. The fraction of sp³-hybridized carbons (Fsp3) is 0.923. The number of hydrogen-bond acceptors (Lipinski definition) is 3. The van der Waals surface area contributed by atoms with Crippen LogP contribution in [0.1, 0.15) is 52.4 Å². The first kappa shape index (κ1) is 13.5. The largest absolute Gasteiger partial charge is 0.314 e. The molecule has 0 amide bonds. The summed E-state index contributed by atoms with van der Waals surface area (Å²) >= 11 is 0. The Hall–Kier alpha value is -0.590. The molecule has 1 atom stereocenters. The lowest BCUT2D eigenvalue weighted by molar-refractivity contribution is 0.155. The van der Waals surface area contributed by atoms with Crippen molar-refractivity contribution in [2.24, 2.45) is 5.73 Å².